The molecule has 0 saturated carbocycles. The highest BCUT2D eigenvalue weighted by molar-refractivity contribution is 9.10. The summed E-state index contributed by atoms with van der Waals surface area (Å²) in [7, 11) is 0. The number of halogens is 2. The summed E-state index contributed by atoms with van der Waals surface area (Å²) in [5.41, 5.74) is -0.902. The van der Waals surface area contributed by atoms with E-state index in [0.29, 0.717) is 4.47 Å². The van der Waals surface area contributed by atoms with Gasteiger partial charge in [0.2, 0.25) is 5.91 Å². The zero-order chi connectivity index (χ0) is 13.5. The molecule has 2 amide bonds. The van der Waals surface area contributed by atoms with Gasteiger partial charge in [-0.25, -0.2) is 4.39 Å². The van der Waals surface area contributed by atoms with Gasteiger partial charge in [-0.15, -0.1) is 0 Å². The summed E-state index contributed by atoms with van der Waals surface area (Å²) < 4.78 is 14.4. The maximum absolute atomic E-state index is 13.8. The van der Waals surface area contributed by atoms with Crippen molar-refractivity contribution in [3.8, 4) is 0 Å². The molecule has 6 heteroatoms. The van der Waals surface area contributed by atoms with E-state index in [1.807, 2.05) is 0 Å². The normalized spacial score (nSPS) is 18.8. The van der Waals surface area contributed by atoms with Crippen LogP contribution in [0.15, 0.2) is 22.7 Å². The minimum absolute atomic E-state index is 0.117. The fourth-order valence-electron chi connectivity index (χ4n) is 1.89. The molecule has 1 fully saturated rings. The third kappa shape index (κ3) is 2.25. The van der Waals surface area contributed by atoms with Gasteiger partial charge in [0, 0.05) is 4.47 Å². The summed E-state index contributed by atoms with van der Waals surface area (Å²) in [4.78, 5) is 24.9. The molecule has 1 saturated heterocycles. The topological polar surface area (TPSA) is 49.4 Å². The van der Waals surface area contributed by atoms with Gasteiger partial charge in [0.1, 0.15) is 17.9 Å². The number of nitrogens with zero attached hydrogens (tertiary/aromatic N) is 1. The number of benzene rings is 1. The first-order chi connectivity index (χ1) is 8.31. The Morgan fingerprint density at radius 3 is 2.67 bits per heavy atom. The molecule has 1 aromatic carbocycles. The van der Waals surface area contributed by atoms with Crippen LogP contribution in [0.25, 0.3) is 0 Å². The number of piperazine rings is 1. The van der Waals surface area contributed by atoms with Crippen LogP contribution in [0.5, 0.6) is 0 Å². The first kappa shape index (κ1) is 13.0. The van der Waals surface area contributed by atoms with Crippen molar-refractivity contribution in [2.75, 3.05) is 11.4 Å². The predicted octanol–water partition coefficient (Wildman–Crippen LogP) is 1.83. The maximum atomic E-state index is 13.8. The molecule has 0 radical (unpaired) electrons. The minimum atomic E-state index is -1.02. The molecule has 2 rings (SSSR count). The van der Waals surface area contributed by atoms with E-state index in [4.69, 9.17) is 0 Å². The summed E-state index contributed by atoms with van der Waals surface area (Å²) in [6, 6.07) is 4.37. The lowest BCUT2D eigenvalue weighted by atomic mass is 10.00. The molecular weight excluding hydrogens is 303 g/mol. The van der Waals surface area contributed by atoms with Gasteiger partial charge in [0.15, 0.2) is 0 Å². The van der Waals surface area contributed by atoms with Crippen LogP contribution in [0.3, 0.4) is 0 Å². The second-order valence-corrected chi connectivity index (χ2v) is 5.58. The van der Waals surface area contributed by atoms with E-state index in [9.17, 15) is 14.0 Å². The molecule has 1 heterocycles. The molecule has 0 spiro atoms. The number of carbonyl (C=O) groups is 2. The fraction of sp³-hybridized carbons (Fsp3) is 0.333. The lowest BCUT2D eigenvalue weighted by Crippen LogP contribution is -2.64. The van der Waals surface area contributed by atoms with E-state index in [-0.39, 0.29) is 24.0 Å². The quantitative estimate of drug-likeness (QED) is 0.859. The lowest BCUT2D eigenvalue weighted by molar-refractivity contribution is -0.134. The van der Waals surface area contributed by atoms with Crippen molar-refractivity contribution in [2.45, 2.75) is 19.4 Å². The Hall–Kier alpha value is -1.43. The molecule has 96 valence electrons. The molecule has 4 nitrogen and oxygen atoms in total. The van der Waals surface area contributed by atoms with Crippen LogP contribution in [0.1, 0.15) is 13.8 Å². The molecule has 1 aliphatic heterocycles. The maximum Gasteiger partial charge on any atom is 0.252 e. The lowest BCUT2D eigenvalue weighted by Gasteiger charge is -2.37. The molecule has 1 aliphatic rings. The van der Waals surface area contributed by atoms with Crippen LogP contribution in [0.2, 0.25) is 0 Å². The van der Waals surface area contributed by atoms with E-state index < -0.39 is 11.4 Å². The minimum Gasteiger partial charge on any atom is -0.341 e. The van der Waals surface area contributed by atoms with Gasteiger partial charge in [-0.1, -0.05) is 15.9 Å². The van der Waals surface area contributed by atoms with Crippen molar-refractivity contribution in [2.24, 2.45) is 0 Å². The highest BCUT2D eigenvalue weighted by Crippen LogP contribution is 2.26. The van der Waals surface area contributed by atoms with Gasteiger partial charge in [-0.05, 0) is 32.0 Å². The number of anilines is 1. The van der Waals surface area contributed by atoms with Crippen LogP contribution in [0, 0.1) is 5.82 Å². The van der Waals surface area contributed by atoms with Crippen molar-refractivity contribution in [1.82, 2.24) is 5.32 Å². The second kappa shape index (κ2) is 4.35. The number of hydrogen-bond donors (Lipinski definition) is 1. The molecule has 18 heavy (non-hydrogen) atoms. The standard InChI is InChI=1S/C12H12BrFN2O2/c1-12(2)11(18)16(6-10(17)15-12)9-4-3-7(13)5-8(9)14/h3-5H,6H2,1-2H3,(H,15,17). The molecule has 0 atom stereocenters. The Bertz CT molecular complexity index is 531. The summed E-state index contributed by atoms with van der Waals surface area (Å²) in [5.74, 6) is -1.17. The molecule has 0 bridgehead atoms. The summed E-state index contributed by atoms with van der Waals surface area (Å²) >= 11 is 3.15. The Kier molecular flexibility index (Phi) is 3.14. The summed E-state index contributed by atoms with van der Waals surface area (Å²) in [6.45, 7) is 3.02. The average molecular weight is 315 g/mol. The molecule has 0 unspecified atom stereocenters. The first-order valence-electron chi connectivity index (χ1n) is 5.39. The van der Waals surface area contributed by atoms with Crippen molar-refractivity contribution in [3.63, 3.8) is 0 Å². The Morgan fingerprint density at radius 1 is 1.39 bits per heavy atom. The van der Waals surface area contributed by atoms with Crippen LogP contribution in [-0.2, 0) is 9.59 Å². The number of carbonyl (C=O) groups excluding carboxylic acids is 2. The fourth-order valence-corrected chi connectivity index (χ4v) is 2.22. The van der Waals surface area contributed by atoms with Crippen LogP contribution >= 0.6 is 15.9 Å². The summed E-state index contributed by atoms with van der Waals surface area (Å²) in [5, 5.41) is 2.57. The average Bonchev–Trinajstić information content (AvgIpc) is 2.23. The summed E-state index contributed by atoms with van der Waals surface area (Å²) in [6.07, 6.45) is 0. The van der Waals surface area contributed by atoms with Gasteiger partial charge >= 0.3 is 0 Å². The van der Waals surface area contributed by atoms with Crippen LogP contribution in [0.4, 0.5) is 10.1 Å². The zero-order valence-electron chi connectivity index (χ0n) is 9.96. The SMILES string of the molecule is CC1(C)NC(=O)CN(c2ccc(Br)cc2F)C1=O. The van der Waals surface area contributed by atoms with Crippen molar-refractivity contribution in [1.29, 1.82) is 0 Å². The second-order valence-electron chi connectivity index (χ2n) is 4.66. The van der Waals surface area contributed by atoms with Gasteiger partial charge < -0.3 is 5.32 Å². The first-order valence-corrected chi connectivity index (χ1v) is 6.18. The number of nitrogens with one attached hydrogen (secondary N) is 1. The molecule has 0 aromatic heterocycles. The zero-order valence-corrected chi connectivity index (χ0v) is 11.5. The predicted molar refractivity (Wildman–Crippen MR) is 68.7 cm³/mol. The highest BCUT2D eigenvalue weighted by atomic mass is 79.9. The Balaban J connectivity index is 2.43. The van der Waals surface area contributed by atoms with Crippen LogP contribution < -0.4 is 10.2 Å². The van der Waals surface area contributed by atoms with Gasteiger partial charge in [0.05, 0.1) is 5.69 Å². The van der Waals surface area contributed by atoms with E-state index in [1.165, 1.54) is 17.0 Å². The molecular formula is C12H12BrFN2O2. The van der Waals surface area contributed by atoms with Crippen molar-refractivity contribution < 1.29 is 14.0 Å². The number of rotatable bonds is 1. The van der Waals surface area contributed by atoms with E-state index in [2.05, 4.69) is 21.2 Å². The monoisotopic (exact) mass is 314 g/mol. The van der Waals surface area contributed by atoms with E-state index >= 15 is 0 Å². The van der Waals surface area contributed by atoms with Crippen LogP contribution in [-0.4, -0.2) is 23.9 Å². The van der Waals surface area contributed by atoms with Gasteiger partial charge in [-0.2, -0.15) is 0 Å². The largest absolute Gasteiger partial charge is 0.341 e. The van der Waals surface area contributed by atoms with E-state index in [1.54, 1.807) is 19.9 Å². The van der Waals surface area contributed by atoms with Crippen molar-refractivity contribution >= 4 is 33.4 Å². The number of amides is 2. The van der Waals surface area contributed by atoms with Crippen molar-refractivity contribution in [3.05, 3.63) is 28.5 Å². The smallest absolute Gasteiger partial charge is 0.252 e. The molecule has 0 aliphatic carbocycles. The number of hydrogen-bond acceptors (Lipinski definition) is 2. The third-order valence-electron chi connectivity index (χ3n) is 2.73. The molecule has 1 aromatic rings. The molecule has 1 N–H and O–H groups in total. The Morgan fingerprint density at radius 2 is 2.06 bits per heavy atom. The van der Waals surface area contributed by atoms with Gasteiger partial charge in [-0.3, -0.25) is 14.5 Å². The van der Waals surface area contributed by atoms with Gasteiger partial charge in [0.25, 0.3) is 5.91 Å². The Labute approximate surface area is 112 Å². The third-order valence-corrected chi connectivity index (χ3v) is 3.23. The van der Waals surface area contributed by atoms with E-state index in [0.717, 1.165) is 0 Å². The highest BCUT2D eigenvalue weighted by Gasteiger charge is 2.40.